The summed E-state index contributed by atoms with van der Waals surface area (Å²) in [7, 11) is 0. The van der Waals surface area contributed by atoms with Gasteiger partial charge in [0.1, 0.15) is 0 Å². The zero-order chi connectivity index (χ0) is 10.4. The zero-order valence-electron chi connectivity index (χ0n) is 8.55. The van der Waals surface area contributed by atoms with Crippen molar-refractivity contribution >= 4 is 12.3 Å². The van der Waals surface area contributed by atoms with Gasteiger partial charge in [0, 0.05) is 6.08 Å². The molecule has 0 radical (unpaired) electrons. The molecule has 0 atom stereocenters. The molecule has 74 valence electrons. The monoisotopic (exact) mass is 189 g/mol. The first-order chi connectivity index (χ1) is 6.70. The van der Waals surface area contributed by atoms with Crippen LogP contribution in [0, 0.1) is 5.21 Å². The van der Waals surface area contributed by atoms with Gasteiger partial charge in [-0.2, -0.15) is 0 Å². The lowest BCUT2D eigenvalue weighted by Crippen LogP contribution is -2.13. The molecule has 1 rings (SSSR count). The minimum atomic E-state index is -0.00424. The lowest BCUT2D eigenvalue weighted by Gasteiger charge is -2.04. The Bertz CT molecular complexity index is 325. The largest absolute Gasteiger partial charge is 0.624 e. The van der Waals surface area contributed by atoms with Crippen molar-refractivity contribution in [3.63, 3.8) is 0 Å². The van der Waals surface area contributed by atoms with Crippen LogP contribution in [0.15, 0.2) is 36.4 Å². The second kappa shape index (κ2) is 5.22. The number of allylic oxidation sites excluding steroid dienone is 1. The van der Waals surface area contributed by atoms with Crippen molar-refractivity contribution < 1.29 is 4.74 Å². The van der Waals surface area contributed by atoms with E-state index in [1.54, 1.807) is 6.08 Å². The first-order valence-electron chi connectivity index (χ1n) is 4.72. The van der Waals surface area contributed by atoms with Crippen molar-refractivity contribution in [3.05, 3.63) is 47.2 Å². The maximum absolute atomic E-state index is 11.1. The van der Waals surface area contributed by atoms with Gasteiger partial charge in [-0.25, -0.2) is 4.74 Å². The van der Waals surface area contributed by atoms with E-state index < -0.39 is 0 Å². The molecule has 0 spiro atoms. The van der Waals surface area contributed by atoms with Gasteiger partial charge in [0.25, 0.3) is 0 Å². The van der Waals surface area contributed by atoms with E-state index in [0.29, 0.717) is 0 Å². The summed E-state index contributed by atoms with van der Waals surface area (Å²) < 4.78 is 0.930. The summed E-state index contributed by atoms with van der Waals surface area (Å²) in [6.45, 7) is 3.72. The Morgan fingerprint density at radius 1 is 1.21 bits per heavy atom. The quantitative estimate of drug-likeness (QED) is 0.311. The summed E-state index contributed by atoms with van der Waals surface area (Å²) in [4.78, 5) is 0. The molecule has 2 nitrogen and oxygen atoms in total. The molecule has 0 fully saturated rings. The Balaban J connectivity index is 2.62. The van der Waals surface area contributed by atoms with Crippen molar-refractivity contribution in [2.24, 2.45) is 0 Å². The third kappa shape index (κ3) is 3.44. The lowest BCUT2D eigenvalue weighted by atomic mass is 10.2. The summed E-state index contributed by atoms with van der Waals surface area (Å²) in [5.41, 5.74) is 1.10. The average molecular weight is 189 g/mol. The molecule has 0 amide bonds. The maximum atomic E-state index is 11.1. The molecule has 0 aliphatic carbocycles. The van der Waals surface area contributed by atoms with E-state index in [-0.39, 0.29) is 6.04 Å². The highest BCUT2D eigenvalue weighted by Crippen LogP contribution is 1.99. The van der Waals surface area contributed by atoms with Crippen LogP contribution in [0.3, 0.4) is 0 Å². The van der Waals surface area contributed by atoms with Crippen LogP contribution in [0.25, 0.3) is 6.08 Å². The molecule has 2 heteroatoms. The second-order valence-electron chi connectivity index (χ2n) is 3.37. The van der Waals surface area contributed by atoms with Crippen LogP contribution in [-0.4, -0.2) is 17.0 Å². The van der Waals surface area contributed by atoms with Gasteiger partial charge in [-0.3, -0.25) is 0 Å². The fourth-order valence-corrected chi connectivity index (χ4v) is 0.975. The van der Waals surface area contributed by atoms with Crippen molar-refractivity contribution in [1.29, 1.82) is 0 Å². The lowest BCUT2D eigenvalue weighted by molar-refractivity contribution is -0.486. The van der Waals surface area contributed by atoms with Crippen LogP contribution < -0.4 is 0 Å². The van der Waals surface area contributed by atoms with Gasteiger partial charge >= 0.3 is 0 Å². The van der Waals surface area contributed by atoms with Gasteiger partial charge in [0.2, 0.25) is 0 Å². The molecule has 0 N–H and O–H groups in total. The molecule has 0 aromatic heterocycles. The third-order valence-electron chi connectivity index (χ3n) is 1.83. The van der Waals surface area contributed by atoms with Crippen LogP contribution in [0.2, 0.25) is 0 Å². The fourth-order valence-electron chi connectivity index (χ4n) is 0.975. The molecule has 1 aromatic rings. The SMILES string of the molecule is CC(C)/[N+]([O-])=C/C=Cc1ccccc1. The van der Waals surface area contributed by atoms with Crippen LogP contribution in [0.5, 0.6) is 0 Å². The Morgan fingerprint density at radius 2 is 1.86 bits per heavy atom. The van der Waals surface area contributed by atoms with E-state index in [1.165, 1.54) is 6.21 Å². The summed E-state index contributed by atoms with van der Waals surface area (Å²) in [6.07, 6.45) is 5.22. The number of hydroxylamine groups is 1. The summed E-state index contributed by atoms with van der Waals surface area (Å²) in [5.74, 6) is 0. The second-order valence-corrected chi connectivity index (χ2v) is 3.37. The Morgan fingerprint density at radius 3 is 2.43 bits per heavy atom. The normalized spacial score (nSPS) is 12.6. The molecule has 0 unspecified atom stereocenters. The fraction of sp³-hybridized carbons (Fsp3) is 0.250. The van der Waals surface area contributed by atoms with Crippen LogP contribution in [-0.2, 0) is 0 Å². The standard InChI is InChI=1S/C12H15NO/c1-11(2)13(14)10-6-9-12-7-4-3-5-8-12/h3-11H,1-2H3/b9-6?,13-10-. The van der Waals surface area contributed by atoms with Gasteiger partial charge < -0.3 is 5.21 Å². The first kappa shape index (κ1) is 10.5. The predicted molar refractivity (Wildman–Crippen MR) is 60.3 cm³/mol. The molecule has 0 saturated carbocycles. The summed E-state index contributed by atoms with van der Waals surface area (Å²) >= 11 is 0. The van der Waals surface area contributed by atoms with Crippen LogP contribution >= 0.6 is 0 Å². The number of nitrogens with zero attached hydrogens (tertiary/aromatic N) is 1. The molecule has 0 aliphatic heterocycles. The molecule has 0 bridgehead atoms. The topological polar surface area (TPSA) is 26.1 Å². The Kier molecular flexibility index (Phi) is 3.92. The minimum Gasteiger partial charge on any atom is -0.624 e. The zero-order valence-corrected chi connectivity index (χ0v) is 8.55. The molecule has 0 aliphatic rings. The molecule has 1 aromatic carbocycles. The van der Waals surface area contributed by atoms with Crippen molar-refractivity contribution in [1.82, 2.24) is 0 Å². The Labute approximate surface area is 84.8 Å². The number of hydrogen-bond acceptors (Lipinski definition) is 1. The van der Waals surface area contributed by atoms with Gasteiger partial charge in [-0.05, 0) is 25.5 Å². The molecule has 0 heterocycles. The predicted octanol–water partition coefficient (Wildman–Crippen LogP) is 2.69. The van der Waals surface area contributed by atoms with Gasteiger partial charge in [-0.15, -0.1) is 0 Å². The number of rotatable bonds is 3. The van der Waals surface area contributed by atoms with E-state index in [4.69, 9.17) is 0 Å². The van der Waals surface area contributed by atoms with Crippen LogP contribution in [0.4, 0.5) is 0 Å². The molecular formula is C12H15NO. The van der Waals surface area contributed by atoms with E-state index in [0.717, 1.165) is 10.3 Å². The molecular weight excluding hydrogens is 174 g/mol. The van der Waals surface area contributed by atoms with Gasteiger partial charge in [0.15, 0.2) is 12.3 Å². The third-order valence-corrected chi connectivity index (χ3v) is 1.83. The number of benzene rings is 1. The van der Waals surface area contributed by atoms with Crippen molar-refractivity contribution in [3.8, 4) is 0 Å². The smallest absolute Gasteiger partial charge is 0.174 e. The summed E-state index contributed by atoms with van der Waals surface area (Å²) in [6, 6.07) is 9.89. The first-order valence-corrected chi connectivity index (χ1v) is 4.72. The van der Waals surface area contributed by atoms with Crippen LogP contribution in [0.1, 0.15) is 19.4 Å². The Hall–Kier alpha value is -1.57. The highest BCUT2D eigenvalue weighted by Gasteiger charge is 1.95. The highest BCUT2D eigenvalue weighted by atomic mass is 16.5. The van der Waals surface area contributed by atoms with E-state index in [9.17, 15) is 5.21 Å². The maximum Gasteiger partial charge on any atom is 0.174 e. The highest BCUT2D eigenvalue weighted by molar-refractivity contribution is 5.74. The van der Waals surface area contributed by atoms with Gasteiger partial charge in [-0.1, -0.05) is 30.3 Å². The minimum absolute atomic E-state index is 0.00424. The number of hydrogen-bond donors (Lipinski definition) is 0. The van der Waals surface area contributed by atoms with E-state index >= 15 is 0 Å². The molecule has 14 heavy (non-hydrogen) atoms. The van der Waals surface area contributed by atoms with Crippen molar-refractivity contribution in [2.45, 2.75) is 19.9 Å². The molecule has 0 saturated heterocycles. The van der Waals surface area contributed by atoms with Crippen molar-refractivity contribution in [2.75, 3.05) is 0 Å². The van der Waals surface area contributed by atoms with Gasteiger partial charge in [0.05, 0.1) is 0 Å². The summed E-state index contributed by atoms with van der Waals surface area (Å²) in [5, 5.41) is 11.1. The van der Waals surface area contributed by atoms with E-state index in [1.807, 2.05) is 50.3 Å². The average Bonchev–Trinajstić information content (AvgIpc) is 2.19. The van der Waals surface area contributed by atoms with E-state index in [2.05, 4.69) is 0 Å².